The lowest BCUT2D eigenvalue weighted by Gasteiger charge is -2.31. The number of hydrogen-bond donors (Lipinski definition) is 3. The van der Waals surface area contributed by atoms with E-state index >= 15 is 0 Å². The first kappa shape index (κ1) is 18.2. The Morgan fingerprint density at radius 1 is 1.50 bits per heavy atom. The molecule has 3 N–H and O–H groups in total. The van der Waals surface area contributed by atoms with E-state index in [1.807, 2.05) is 6.07 Å². The van der Waals surface area contributed by atoms with Gasteiger partial charge in [-0.1, -0.05) is 6.92 Å². The summed E-state index contributed by atoms with van der Waals surface area (Å²) in [6, 6.07) is 4.85. The number of hydrogen-bond acceptors (Lipinski definition) is 4. The van der Waals surface area contributed by atoms with Crippen LogP contribution in [-0.2, 0) is 0 Å². The van der Waals surface area contributed by atoms with Crippen molar-refractivity contribution in [1.29, 1.82) is 5.26 Å². The first-order chi connectivity index (χ1) is 11.5. The Balaban J connectivity index is 1.76. The molecule has 1 aliphatic heterocycles. The zero-order chi connectivity index (χ0) is 17.5. The first-order valence-corrected chi connectivity index (χ1v) is 8.13. The highest BCUT2D eigenvalue weighted by atomic mass is 19.1. The van der Waals surface area contributed by atoms with Crippen molar-refractivity contribution in [2.24, 2.45) is 5.92 Å². The number of halogens is 1. The highest BCUT2D eigenvalue weighted by Crippen LogP contribution is 2.16. The van der Waals surface area contributed by atoms with E-state index in [-0.39, 0.29) is 17.8 Å². The standard InChI is InChI=1S/C17H23FN4O2/c1-12-4-6-22(7-5-12)11-15(23)10-20-17(24)21-16-3-2-14(18)8-13(16)9-19/h2-3,8,12,15,23H,4-7,10-11H2,1H3,(H2,20,21,24). The van der Waals surface area contributed by atoms with Crippen molar-refractivity contribution in [2.75, 3.05) is 31.5 Å². The van der Waals surface area contributed by atoms with Crippen LogP contribution in [0, 0.1) is 23.1 Å². The molecule has 1 heterocycles. The van der Waals surface area contributed by atoms with Crippen LogP contribution in [0.2, 0.25) is 0 Å². The summed E-state index contributed by atoms with van der Waals surface area (Å²) in [7, 11) is 0. The van der Waals surface area contributed by atoms with Gasteiger partial charge in [-0.05, 0) is 50.0 Å². The highest BCUT2D eigenvalue weighted by molar-refractivity contribution is 5.90. The van der Waals surface area contributed by atoms with Crippen molar-refractivity contribution in [1.82, 2.24) is 10.2 Å². The van der Waals surface area contributed by atoms with E-state index in [9.17, 15) is 14.3 Å². The number of nitriles is 1. The number of aliphatic hydroxyl groups is 1. The second-order valence-electron chi connectivity index (χ2n) is 6.27. The fourth-order valence-corrected chi connectivity index (χ4v) is 2.70. The van der Waals surface area contributed by atoms with Crippen LogP contribution in [0.15, 0.2) is 18.2 Å². The van der Waals surface area contributed by atoms with Gasteiger partial charge in [0.2, 0.25) is 0 Å². The molecule has 1 aliphatic rings. The van der Waals surface area contributed by atoms with Crippen molar-refractivity contribution in [3.8, 4) is 6.07 Å². The number of rotatable bonds is 5. The molecule has 1 atom stereocenters. The molecular weight excluding hydrogens is 311 g/mol. The molecule has 1 aromatic carbocycles. The third-order valence-electron chi connectivity index (χ3n) is 4.19. The number of anilines is 1. The largest absolute Gasteiger partial charge is 0.390 e. The lowest BCUT2D eigenvalue weighted by molar-refractivity contribution is 0.0924. The van der Waals surface area contributed by atoms with Gasteiger partial charge in [0.15, 0.2) is 0 Å². The van der Waals surface area contributed by atoms with Gasteiger partial charge in [0.05, 0.1) is 17.4 Å². The van der Waals surface area contributed by atoms with Crippen LogP contribution in [-0.4, -0.2) is 48.3 Å². The maximum Gasteiger partial charge on any atom is 0.319 e. The molecule has 0 spiro atoms. The highest BCUT2D eigenvalue weighted by Gasteiger charge is 2.18. The summed E-state index contributed by atoms with van der Waals surface area (Å²) in [6.07, 6.45) is 1.59. The number of aliphatic hydroxyl groups excluding tert-OH is 1. The number of amides is 2. The fourth-order valence-electron chi connectivity index (χ4n) is 2.70. The van der Waals surface area contributed by atoms with E-state index in [4.69, 9.17) is 5.26 Å². The zero-order valence-corrected chi connectivity index (χ0v) is 13.8. The van der Waals surface area contributed by atoms with Crippen LogP contribution in [0.3, 0.4) is 0 Å². The molecule has 1 unspecified atom stereocenters. The van der Waals surface area contributed by atoms with E-state index in [0.717, 1.165) is 37.9 Å². The third-order valence-corrected chi connectivity index (χ3v) is 4.19. The number of carbonyl (C=O) groups is 1. The van der Waals surface area contributed by atoms with E-state index < -0.39 is 18.0 Å². The van der Waals surface area contributed by atoms with E-state index in [0.29, 0.717) is 6.54 Å². The Bertz CT molecular complexity index is 609. The predicted octanol–water partition coefficient (Wildman–Crippen LogP) is 1.91. The number of piperidine rings is 1. The molecule has 0 saturated carbocycles. The van der Waals surface area contributed by atoms with Gasteiger partial charge in [0.1, 0.15) is 11.9 Å². The number of urea groups is 1. The van der Waals surface area contributed by atoms with Crippen molar-refractivity contribution in [3.05, 3.63) is 29.6 Å². The molecule has 1 fully saturated rings. The van der Waals surface area contributed by atoms with Gasteiger partial charge in [-0.3, -0.25) is 0 Å². The number of nitrogens with one attached hydrogen (secondary N) is 2. The Kier molecular flexibility index (Phi) is 6.53. The summed E-state index contributed by atoms with van der Waals surface area (Å²) in [5.41, 5.74) is 0.282. The third kappa shape index (κ3) is 5.48. The zero-order valence-electron chi connectivity index (χ0n) is 13.8. The Morgan fingerprint density at radius 3 is 2.88 bits per heavy atom. The van der Waals surface area contributed by atoms with Crippen LogP contribution < -0.4 is 10.6 Å². The van der Waals surface area contributed by atoms with Crippen LogP contribution in [0.4, 0.5) is 14.9 Å². The molecule has 1 saturated heterocycles. The summed E-state index contributed by atoms with van der Waals surface area (Å²) in [5.74, 6) is 0.191. The molecule has 0 bridgehead atoms. The maximum atomic E-state index is 13.1. The molecule has 2 amide bonds. The van der Waals surface area contributed by atoms with Gasteiger partial charge in [-0.15, -0.1) is 0 Å². The van der Waals surface area contributed by atoms with Gasteiger partial charge in [-0.2, -0.15) is 5.26 Å². The molecule has 0 radical (unpaired) electrons. The normalized spacial score (nSPS) is 17.1. The van der Waals surface area contributed by atoms with Crippen molar-refractivity contribution in [2.45, 2.75) is 25.9 Å². The Hall–Kier alpha value is -2.17. The van der Waals surface area contributed by atoms with E-state index in [1.165, 1.54) is 12.1 Å². The van der Waals surface area contributed by atoms with Crippen molar-refractivity contribution < 1.29 is 14.3 Å². The number of benzene rings is 1. The molecule has 1 aromatic rings. The number of likely N-dealkylation sites (tertiary alicyclic amines) is 1. The molecular formula is C17H23FN4O2. The minimum atomic E-state index is -0.659. The van der Waals surface area contributed by atoms with Crippen LogP contribution in [0.25, 0.3) is 0 Å². The summed E-state index contributed by atoms with van der Waals surface area (Å²) in [6.45, 7) is 4.79. The number of β-amino-alcohol motifs (C(OH)–C–C–N with tert-alkyl or cyclic N) is 1. The van der Waals surface area contributed by atoms with Crippen molar-refractivity contribution in [3.63, 3.8) is 0 Å². The van der Waals surface area contributed by atoms with Gasteiger partial charge >= 0.3 is 6.03 Å². The second-order valence-corrected chi connectivity index (χ2v) is 6.27. The van der Waals surface area contributed by atoms with Crippen LogP contribution >= 0.6 is 0 Å². The molecule has 7 heteroatoms. The molecule has 0 aromatic heterocycles. The lowest BCUT2D eigenvalue weighted by Crippen LogP contribution is -2.43. The summed E-state index contributed by atoms with van der Waals surface area (Å²) in [5, 5.41) is 24.0. The van der Waals surface area contributed by atoms with Gasteiger partial charge in [-0.25, -0.2) is 9.18 Å². The maximum absolute atomic E-state index is 13.1. The topological polar surface area (TPSA) is 88.4 Å². The fraction of sp³-hybridized carbons (Fsp3) is 0.529. The first-order valence-electron chi connectivity index (χ1n) is 8.13. The number of nitrogens with zero attached hydrogens (tertiary/aromatic N) is 2. The number of carbonyl (C=O) groups excluding carboxylic acids is 1. The summed E-state index contributed by atoms with van der Waals surface area (Å²) in [4.78, 5) is 14.0. The molecule has 130 valence electrons. The Labute approximate surface area is 141 Å². The quantitative estimate of drug-likeness (QED) is 0.767. The second kappa shape index (κ2) is 8.62. The lowest BCUT2D eigenvalue weighted by atomic mass is 9.99. The van der Waals surface area contributed by atoms with Gasteiger partial charge in [0, 0.05) is 13.1 Å². The molecule has 0 aliphatic carbocycles. The predicted molar refractivity (Wildman–Crippen MR) is 89.0 cm³/mol. The SMILES string of the molecule is CC1CCN(CC(O)CNC(=O)Nc2ccc(F)cc2C#N)CC1. The molecule has 6 nitrogen and oxygen atoms in total. The van der Waals surface area contributed by atoms with Crippen LogP contribution in [0.5, 0.6) is 0 Å². The molecule has 2 rings (SSSR count). The smallest absolute Gasteiger partial charge is 0.319 e. The average Bonchev–Trinajstić information content (AvgIpc) is 2.56. The minimum Gasteiger partial charge on any atom is -0.390 e. The monoisotopic (exact) mass is 334 g/mol. The summed E-state index contributed by atoms with van der Waals surface area (Å²) >= 11 is 0. The Morgan fingerprint density at radius 2 is 2.21 bits per heavy atom. The van der Waals surface area contributed by atoms with E-state index in [1.54, 1.807) is 0 Å². The van der Waals surface area contributed by atoms with Gasteiger partial charge < -0.3 is 20.6 Å². The molecule has 24 heavy (non-hydrogen) atoms. The average molecular weight is 334 g/mol. The van der Waals surface area contributed by atoms with E-state index in [2.05, 4.69) is 22.5 Å². The van der Waals surface area contributed by atoms with Crippen LogP contribution in [0.1, 0.15) is 25.3 Å². The summed E-state index contributed by atoms with van der Waals surface area (Å²) < 4.78 is 13.1. The minimum absolute atomic E-state index is 0.0492. The van der Waals surface area contributed by atoms with Crippen molar-refractivity contribution >= 4 is 11.7 Å². The van der Waals surface area contributed by atoms with Gasteiger partial charge in [0.25, 0.3) is 0 Å².